The highest BCUT2D eigenvalue weighted by molar-refractivity contribution is 6.18. The van der Waals surface area contributed by atoms with E-state index in [0.717, 1.165) is 35.5 Å². The molecule has 5 atom stereocenters. The molecular formula is C16H28ClN. The van der Waals surface area contributed by atoms with Crippen LogP contribution in [-0.2, 0) is 0 Å². The van der Waals surface area contributed by atoms with E-state index in [0.29, 0.717) is 0 Å². The molecule has 1 nitrogen and oxygen atoms in total. The third-order valence-electron chi connectivity index (χ3n) is 5.96. The first kappa shape index (κ1) is 13.2. The van der Waals surface area contributed by atoms with Gasteiger partial charge < -0.3 is 5.32 Å². The zero-order chi connectivity index (χ0) is 12.4. The first-order chi connectivity index (χ1) is 8.86. The number of halogens is 1. The lowest BCUT2D eigenvalue weighted by molar-refractivity contribution is 0.238. The third kappa shape index (κ3) is 2.88. The molecule has 0 aromatic heterocycles. The predicted octanol–water partition coefficient (Wildman–Crippen LogP) is 4.06. The highest BCUT2D eigenvalue weighted by Gasteiger charge is 2.39. The number of fused-ring (bicyclic) bond motifs is 2. The van der Waals surface area contributed by atoms with Gasteiger partial charge in [-0.2, -0.15) is 0 Å². The van der Waals surface area contributed by atoms with E-state index < -0.39 is 0 Å². The van der Waals surface area contributed by atoms with Crippen molar-refractivity contribution < 1.29 is 0 Å². The summed E-state index contributed by atoms with van der Waals surface area (Å²) in [6.07, 6.45) is 11.7. The van der Waals surface area contributed by atoms with Crippen molar-refractivity contribution in [1.29, 1.82) is 0 Å². The standard InChI is InChI=1S/C16H28ClN/c17-9-14-3-1-2-4-15(14)10-18-11-16-8-12-5-6-13(16)7-12/h12-16,18H,1-11H2. The maximum Gasteiger partial charge on any atom is 0.0254 e. The molecule has 3 rings (SSSR count). The van der Waals surface area contributed by atoms with Crippen molar-refractivity contribution in [2.45, 2.75) is 51.4 Å². The summed E-state index contributed by atoms with van der Waals surface area (Å²) in [5, 5.41) is 3.79. The lowest BCUT2D eigenvalue weighted by Gasteiger charge is -2.31. The second kappa shape index (κ2) is 6.13. The number of hydrogen-bond acceptors (Lipinski definition) is 1. The van der Waals surface area contributed by atoms with Crippen LogP contribution < -0.4 is 5.32 Å². The Labute approximate surface area is 117 Å². The molecule has 3 aliphatic rings. The molecule has 2 bridgehead atoms. The van der Waals surface area contributed by atoms with Gasteiger partial charge >= 0.3 is 0 Å². The van der Waals surface area contributed by atoms with Gasteiger partial charge in [0, 0.05) is 5.88 Å². The normalized spacial score (nSPS) is 43.5. The van der Waals surface area contributed by atoms with Crippen molar-refractivity contribution in [3.05, 3.63) is 0 Å². The van der Waals surface area contributed by atoms with Gasteiger partial charge in [0.25, 0.3) is 0 Å². The Kier molecular flexibility index (Phi) is 4.51. The molecule has 104 valence electrons. The second-order valence-corrected chi connectivity index (χ2v) is 7.36. The van der Waals surface area contributed by atoms with Crippen LogP contribution in [0.15, 0.2) is 0 Å². The van der Waals surface area contributed by atoms with Crippen LogP contribution in [0, 0.1) is 29.6 Å². The van der Waals surface area contributed by atoms with E-state index in [-0.39, 0.29) is 0 Å². The summed E-state index contributed by atoms with van der Waals surface area (Å²) in [4.78, 5) is 0. The van der Waals surface area contributed by atoms with Gasteiger partial charge in [0.05, 0.1) is 0 Å². The minimum absolute atomic E-state index is 0.785. The monoisotopic (exact) mass is 269 g/mol. The maximum atomic E-state index is 6.10. The van der Waals surface area contributed by atoms with Crippen LogP contribution in [0.1, 0.15) is 51.4 Å². The molecule has 0 radical (unpaired) electrons. The van der Waals surface area contributed by atoms with E-state index in [1.165, 1.54) is 58.0 Å². The number of alkyl halides is 1. The third-order valence-corrected chi connectivity index (χ3v) is 6.36. The molecular weight excluding hydrogens is 242 g/mol. The molecule has 2 heteroatoms. The summed E-state index contributed by atoms with van der Waals surface area (Å²) < 4.78 is 0. The fourth-order valence-corrected chi connectivity index (χ4v) is 5.24. The molecule has 0 amide bonds. The summed E-state index contributed by atoms with van der Waals surface area (Å²) in [6, 6.07) is 0. The topological polar surface area (TPSA) is 12.0 Å². The van der Waals surface area contributed by atoms with Crippen LogP contribution in [-0.4, -0.2) is 19.0 Å². The molecule has 0 heterocycles. The minimum atomic E-state index is 0.785. The van der Waals surface area contributed by atoms with Gasteiger partial charge in [0.1, 0.15) is 0 Å². The van der Waals surface area contributed by atoms with Crippen LogP contribution in [0.25, 0.3) is 0 Å². The highest BCUT2D eigenvalue weighted by atomic mass is 35.5. The zero-order valence-corrected chi connectivity index (χ0v) is 12.3. The first-order valence-electron chi connectivity index (χ1n) is 8.13. The molecule has 3 fully saturated rings. The van der Waals surface area contributed by atoms with Gasteiger partial charge in [-0.05, 0) is 74.8 Å². The Morgan fingerprint density at radius 3 is 2.28 bits per heavy atom. The summed E-state index contributed by atoms with van der Waals surface area (Å²) in [5.41, 5.74) is 0. The van der Waals surface area contributed by atoms with Crippen LogP contribution >= 0.6 is 11.6 Å². The molecule has 5 unspecified atom stereocenters. The van der Waals surface area contributed by atoms with Crippen LogP contribution in [0.3, 0.4) is 0 Å². The Morgan fingerprint density at radius 1 is 0.833 bits per heavy atom. The van der Waals surface area contributed by atoms with Crippen LogP contribution in [0.4, 0.5) is 0 Å². The van der Waals surface area contributed by atoms with Crippen molar-refractivity contribution >= 4 is 11.6 Å². The van der Waals surface area contributed by atoms with E-state index in [1.54, 1.807) is 6.42 Å². The van der Waals surface area contributed by atoms with Crippen molar-refractivity contribution in [3.63, 3.8) is 0 Å². The van der Waals surface area contributed by atoms with E-state index in [9.17, 15) is 0 Å². The fourth-order valence-electron chi connectivity index (χ4n) is 4.84. The first-order valence-corrected chi connectivity index (χ1v) is 8.67. The van der Waals surface area contributed by atoms with E-state index >= 15 is 0 Å². The molecule has 0 aromatic carbocycles. The quantitative estimate of drug-likeness (QED) is 0.743. The molecule has 0 saturated heterocycles. The van der Waals surface area contributed by atoms with Crippen molar-refractivity contribution in [2.24, 2.45) is 29.6 Å². The van der Waals surface area contributed by atoms with Gasteiger partial charge in [-0.1, -0.05) is 19.3 Å². The lowest BCUT2D eigenvalue weighted by Crippen LogP contribution is -2.35. The SMILES string of the molecule is ClCC1CCCCC1CNCC1CC2CCC1C2. The smallest absolute Gasteiger partial charge is 0.0254 e. The van der Waals surface area contributed by atoms with Crippen LogP contribution in [0.2, 0.25) is 0 Å². The molecule has 0 spiro atoms. The Hall–Kier alpha value is 0.250. The van der Waals surface area contributed by atoms with Gasteiger partial charge in [-0.25, -0.2) is 0 Å². The van der Waals surface area contributed by atoms with E-state index in [2.05, 4.69) is 5.32 Å². The second-order valence-electron chi connectivity index (χ2n) is 7.05. The van der Waals surface area contributed by atoms with E-state index in [1.807, 2.05) is 0 Å². The van der Waals surface area contributed by atoms with Crippen molar-refractivity contribution in [3.8, 4) is 0 Å². The van der Waals surface area contributed by atoms with E-state index in [4.69, 9.17) is 11.6 Å². The molecule has 0 aliphatic heterocycles. The lowest BCUT2D eigenvalue weighted by atomic mass is 9.80. The number of nitrogens with one attached hydrogen (secondary N) is 1. The van der Waals surface area contributed by atoms with Gasteiger partial charge in [-0.15, -0.1) is 11.6 Å². The molecule has 1 N–H and O–H groups in total. The van der Waals surface area contributed by atoms with Crippen molar-refractivity contribution in [2.75, 3.05) is 19.0 Å². The largest absolute Gasteiger partial charge is 0.316 e. The summed E-state index contributed by atoms with van der Waals surface area (Å²) >= 11 is 6.10. The van der Waals surface area contributed by atoms with Crippen LogP contribution in [0.5, 0.6) is 0 Å². The Bertz CT molecular complexity index is 268. The van der Waals surface area contributed by atoms with Crippen molar-refractivity contribution in [1.82, 2.24) is 5.32 Å². The number of rotatable bonds is 5. The molecule has 3 aliphatic carbocycles. The van der Waals surface area contributed by atoms with Gasteiger partial charge in [0.15, 0.2) is 0 Å². The average Bonchev–Trinajstić information content (AvgIpc) is 3.02. The maximum absolute atomic E-state index is 6.10. The highest BCUT2D eigenvalue weighted by Crippen LogP contribution is 2.47. The predicted molar refractivity (Wildman–Crippen MR) is 78.0 cm³/mol. The Balaban J connectivity index is 1.38. The summed E-state index contributed by atoms with van der Waals surface area (Å²) in [6.45, 7) is 2.51. The van der Waals surface area contributed by atoms with Gasteiger partial charge in [-0.3, -0.25) is 0 Å². The Morgan fingerprint density at radius 2 is 1.61 bits per heavy atom. The fraction of sp³-hybridized carbons (Fsp3) is 1.00. The zero-order valence-electron chi connectivity index (χ0n) is 11.5. The molecule has 18 heavy (non-hydrogen) atoms. The summed E-state index contributed by atoms with van der Waals surface area (Å²) in [5.74, 6) is 5.68. The molecule has 0 aromatic rings. The molecule has 3 saturated carbocycles. The van der Waals surface area contributed by atoms with Gasteiger partial charge in [0.2, 0.25) is 0 Å². The minimum Gasteiger partial charge on any atom is -0.316 e. The summed E-state index contributed by atoms with van der Waals surface area (Å²) in [7, 11) is 0. The average molecular weight is 270 g/mol. The number of hydrogen-bond donors (Lipinski definition) is 1.